The maximum Gasteiger partial charge on any atom is 0.336 e. The van der Waals surface area contributed by atoms with Crippen molar-refractivity contribution in [3.8, 4) is 0 Å². The minimum Gasteiger partial charge on any atom is -0.478 e. The van der Waals surface area contributed by atoms with Crippen molar-refractivity contribution in [2.45, 2.75) is 13.8 Å². The van der Waals surface area contributed by atoms with Crippen molar-refractivity contribution in [2.75, 3.05) is 5.32 Å². The first-order valence-corrected chi connectivity index (χ1v) is 5.60. The van der Waals surface area contributed by atoms with Crippen molar-refractivity contribution < 1.29 is 9.90 Å². The lowest BCUT2D eigenvalue weighted by atomic mass is 10.1. The molecule has 0 bridgehead atoms. The number of pyridine rings is 1. The van der Waals surface area contributed by atoms with E-state index in [1.165, 1.54) is 0 Å². The number of hydrogen-bond donors (Lipinski definition) is 2. The Morgan fingerprint density at radius 2 is 2.00 bits per heavy atom. The maximum absolute atomic E-state index is 11.0. The van der Waals surface area contributed by atoms with Crippen LogP contribution in [0.4, 0.5) is 11.5 Å². The van der Waals surface area contributed by atoms with E-state index in [-0.39, 0.29) is 0 Å². The molecule has 92 valence electrons. The Kier molecular flexibility index (Phi) is 3.28. The van der Waals surface area contributed by atoms with Gasteiger partial charge in [0.25, 0.3) is 0 Å². The molecule has 2 rings (SSSR count). The van der Waals surface area contributed by atoms with E-state index in [0.717, 1.165) is 11.1 Å². The molecule has 2 aromatic rings. The van der Waals surface area contributed by atoms with Crippen LogP contribution in [-0.2, 0) is 0 Å². The standard InChI is InChI=1S/C14H14N2O2/c1-9-3-6-13(15-8-9)16-11-5-4-10(2)12(7-11)14(17)18/h3-8H,1-2H3,(H,15,16)(H,17,18). The number of aryl methyl sites for hydroxylation is 2. The summed E-state index contributed by atoms with van der Waals surface area (Å²) >= 11 is 0. The van der Waals surface area contributed by atoms with Gasteiger partial charge in [0.15, 0.2) is 0 Å². The number of carboxylic acid groups (broad SMARTS) is 1. The maximum atomic E-state index is 11.0. The SMILES string of the molecule is Cc1ccc(Nc2ccc(C)c(C(=O)O)c2)nc1. The van der Waals surface area contributed by atoms with Crippen LogP contribution in [0.15, 0.2) is 36.5 Å². The highest BCUT2D eigenvalue weighted by atomic mass is 16.4. The van der Waals surface area contributed by atoms with Gasteiger partial charge >= 0.3 is 5.97 Å². The number of aromatic nitrogens is 1. The van der Waals surface area contributed by atoms with Gasteiger partial charge in [-0.25, -0.2) is 9.78 Å². The molecule has 0 unspecified atom stereocenters. The van der Waals surface area contributed by atoms with Gasteiger partial charge in [-0.15, -0.1) is 0 Å². The number of carbonyl (C=O) groups is 1. The van der Waals surface area contributed by atoms with Gasteiger partial charge in [0.1, 0.15) is 5.82 Å². The summed E-state index contributed by atoms with van der Waals surface area (Å²) in [5.41, 5.74) is 2.84. The summed E-state index contributed by atoms with van der Waals surface area (Å²) < 4.78 is 0. The van der Waals surface area contributed by atoms with Gasteiger partial charge in [-0.1, -0.05) is 12.1 Å². The van der Waals surface area contributed by atoms with Gasteiger partial charge in [-0.2, -0.15) is 0 Å². The average molecular weight is 242 g/mol. The molecule has 0 aliphatic rings. The number of benzene rings is 1. The summed E-state index contributed by atoms with van der Waals surface area (Å²) in [6.07, 6.45) is 1.76. The van der Waals surface area contributed by atoms with Gasteiger partial charge in [-0.05, 0) is 43.2 Å². The van der Waals surface area contributed by atoms with Crippen molar-refractivity contribution in [1.82, 2.24) is 4.98 Å². The van der Waals surface area contributed by atoms with Crippen LogP contribution in [-0.4, -0.2) is 16.1 Å². The first-order chi connectivity index (χ1) is 8.56. The first-order valence-electron chi connectivity index (χ1n) is 5.60. The van der Waals surface area contributed by atoms with Crippen LogP contribution in [0.5, 0.6) is 0 Å². The second-order valence-corrected chi connectivity index (χ2v) is 4.18. The molecular formula is C14H14N2O2. The number of aromatic carboxylic acids is 1. The fourth-order valence-corrected chi connectivity index (χ4v) is 1.62. The van der Waals surface area contributed by atoms with Crippen molar-refractivity contribution in [2.24, 2.45) is 0 Å². The second kappa shape index (κ2) is 4.87. The summed E-state index contributed by atoms with van der Waals surface area (Å²) in [7, 11) is 0. The van der Waals surface area contributed by atoms with E-state index in [1.54, 1.807) is 25.3 Å². The molecule has 1 aromatic heterocycles. The van der Waals surface area contributed by atoms with Crippen LogP contribution in [0.3, 0.4) is 0 Å². The lowest BCUT2D eigenvalue weighted by Crippen LogP contribution is -2.01. The van der Waals surface area contributed by atoms with Crippen LogP contribution in [0.1, 0.15) is 21.5 Å². The third-order valence-electron chi connectivity index (χ3n) is 2.65. The van der Waals surface area contributed by atoms with Gasteiger partial charge in [0.05, 0.1) is 5.56 Å². The molecule has 0 amide bonds. The van der Waals surface area contributed by atoms with Crippen molar-refractivity contribution in [3.63, 3.8) is 0 Å². The molecular weight excluding hydrogens is 228 g/mol. The molecule has 0 atom stereocenters. The van der Waals surface area contributed by atoms with Gasteiger partial charge in [-0.3, -0.25) is 0 Å². The predicted molar refractivity (Wildman–Crippen MR) is 70.4 cm³/mol. The molecule has 4 heteroatoms. The van der Waals surface area contributed by atoms with Gasteiger partial charge < -0.3 is 10.4 Å². The monoisotopic (exact) mass is 242 g/mol. The van der Waals surface area contributed by atoms with Crippen LogP contribution in [0.25, 0.3) is 0 Å². The quantitative estimate of drug-likeness (QED) is 0.868. The highest BCUT2D eigenvalue weighted by Gasteiger charge is 2.07. The molecule has 0 radical (unpaired) electrons. The van der Waals surface area contributed by atoms with Crippen LogP contribution >= 0.6 is 0 Å². The number of hydrogen-bond acceptors (Lipinski definition) is 3. The molecule has 0 aliphatic carbocycles. The summed E-state index contributed by atoms with van der Waals surface area (Å²) in [5, 5.41) is 12.1. The van der Waals surface area contributed by atoms with E-state index in [2.05, 4.69) is 10.3 Å². The van der Waals surface area contributed by atoms with E-state index in [1.807, 2.05) is 25.1 Å². The average Bonchev–Trinajstić information content (AvgIpc) is 2.34. The Hall–Kier alpha value is -2.36. The Bertz CT molecular complexity index is 577. The number of anilines is 2. The molecule has 1 heterocycles. The highest BCUT2D eigenvalue weighted by molar-refractivity contribution is 5.90. The molecule has 18 heavy (non-hydrogen) atoms. The molecule has 1 aromatic carbocycles. The minimum atomic E-state index is -0.923. The summed E-state index contributed by atoms with van der Waals surface area (Å²) in [5.74, 6) is -0.228. The van der Waals surface area contributed by atoms with E-state index < -0.39 is 5.97 Å². The Morgan fingerprint density at radius 3 is 2.61 bits per heavy atom. The van der Waals surface area contributed by atoms with Crippen LogP contribution < -0.4 is 5.32 Å². The summed E-state index contributed by atoms with van der Waals surface area (Å²) in [6, 6.07) is 9.03. The molecule has 0 fully saturated rings. The third-order valence-corrected chi connectivity index (χ3v) is 2.65. The zero-order valence-electron chi connectivity index (χ0n) is 10.3. The Morgan fingerprint density at radius 1 is 1.22 bits per heavy atom. The largest absolute Gasteiger partial charge is 0.478 e. The zero-order chi connectivity index (χ0) is 13.1. The third kappa shape index (κ3) is 2.66. The Balaban J connectivity index is 2.27. The number of rotatable bonds is 3. The van der Waals surface area contributed by atoms with Gasteiger partial charge in [0, 0.05) is 11.9 Å². The number of nitrogens with zero attached hydrogens (tertiary/aromatic N) is 1. The summed E-state index contributed by atoms with van der Waals surface area (Å²) in [4.78, 5) is 15.2. The second-order valence-electron chi connectivity index (χ2n) is 4.18. The fourth-order valence-electron chi connectivity index (χ4n) is 1.62. The molecule has 0 saturated heterocycles. The van der Waals surface area contributed by atoms with Crippen molar-refractivity contribution in [1.29, 1.82) is 0 Å². The van der Waals surface area contributed by atoms with Crippen molar-refractivity contribution in [3.05, 3.63) is 53.2 Å². The van der Waals surface area contributed by atoms with E-state index in [4.69, 9.17) is 5.11 Å². The van der Waals surface area contributed by atoms with E-state index in [0.29, 0.717) is 17.1 Å². The molecule has 0 aliphatic heterocycles. The molecule has 0 spiro atoms. The highest BCUT2D eigenvalue weighted by Crippen LogP contribution is 2.19. The predicted octanol–water partition coefficient (Wildman–Crippen LogP) is 3.14. The normalized spacial score (nSPS) is 10.1. The summed E-state index contributed by atoms with van der Waals surface area (Å²) in [6.45, 7) is 3.74. The minimum absolute atomic E-state index is 0.298. The topological polar surface area (TPSA) is 62.2 Å². The zero-order valence-corrected chi connectivity index (χ0v) is 10.3. The number of nitrogens with one attached hydrogen (secondary N) is 1. The Labute approximate surface area is 105 Å². The van der Waals surface area contributed by atoms with E-state index >= 15 is 0 Å². The first kappa shape index (κ1) is 12.1. The molecule has 2 N–H and O–H groups in total. The van der Waals surface area contributed by atoms with Gasteiger partial charge in [0.2, 0.25) is 0 Å². The van der Waals surface area contributed by atoms with Crippen LogP contribution in [0, 0.1) is 13.8 Å². The lowest BCUT2D eigenvalue weighted by molar-refractivity contribution is 0.0696. The number of carboxylic acids is 1. The fraction of sp³-hybridized carbons (Fsp3) is 0.143. The smallest absolute Gasteiger partial charge is 0.336 e. The van der Waals surface area contributed by atoms with E-state index in [9.17, 15) is 4.79 Å². The lowest BCUT2D eigenvalue weighted by Gasteiger charge is -2.08. The molecule has 0 saturated carbocycles. The van der Waals surface area contributed by atoms with Crippen molar-refractivity contribution >= 4 is 17.5 Å². The van der Waals surface area contributed by atoms with Crippen LogP contribution in [0.2, 0.25) is 0 Å². The molecule has 4 nitrogen and oxygen atoms in total.